The van der Waals surface area contributed by atoms with Crippen LogP contribution in [0, 0.1) is 0 Å². The highest BCUT2D eigenvalue weighted by Crippen LogP contribution is 2.10. The number of urea groups is 1. The fraction of sp³-hybridized carbons (Fsp3) is 0.857. The zero-order chi connectivity index (χ0) is 7.68. The van der Waals surface area contributed by atoms with Crippen molar-refractivity contribution in [2.24, 2.45) is 0 Å². The number of hydrogen-bond acceptors (Lipinski definition) is 2. The van der Waals surface area contributed by atoms with E-state index in [0.29, 0.717) is 6.04 Å². The molecule has 0 spiro atoms. The molecule has 4 heteroatoms. The van der Waals surface area contributed by atoms with Crippen LogP contribution in [0.15, 0.2) is 0 Å². The highest BCUT2D eigenvalue weighted by molar-refractivity contribution is 5.75. The smallest absolute Gasteiger partial charge is 0.317 e. The molecule has 0 aromatic carbocycles. The summed E-state index contributed by atoms with van der Waals surface area (Å²) < 4.78 is 0. The first-order valence-electron chi connectivity index (χ1n) is 4.13. The first kappa shape index (κ1) is 6.91. The fourth-order valence-electron chi connectivity index (χ4n) is 1.73. The fourth-order valence-corrected chi connectivity index (χ4v) is 1.73. The maximum atomic E-state index is 11.2. The van der Waals surface area contributed by atoms with Crippen molar-refractivity contribution in [3.8, 4) is 0 Å². The number of carbonyl (C=O) groups is 1. The van der Waals surface area contributed by atoms with Crippen LogP contribution in [0.4, 0.5) is 4.79 Å². The summed E-state index contributed by atoms with van der Waals surface area (Å²) in [5, 5.41) is 6.12. The van der Waals surface area contributed by atoms with E-state index < -0.39 is 0 Å². The number of piperazine rings is 1. The van der Waals surface area contributed by atoms with Crippen LogP contribution in [0.25, 0.3) is 0 Å². The lowest BCUT2D eigenvalue weighted by molar-refractivity contribution is 0.137. The summed E-state index contributed by atoms with van der Waals surface area (Å²) in [6.07, 6.45) is 1.08. The molecule has 62 valence electrons. The van der Waals surface area contributed by atoms with Crippen LogP contribution in [0.5, 0.6) is 0 Å². The van der Waals surface area contributed by atoms with Crippen molar-refractivity contribution in [3.63, 3.8) is 0 Å². The van der Waals surface area contributed by atoms with E-state index >= 15 is 0 Å². The lowest BCUT2D eigenvalue weighted by Crippen LogP contribution is -2.60. The second kappa shape index (κ2) is 2.70. The SMILES string of the molecule is O=C1NCC[C@@H]2CNCCN12. The van der Waals surface area contributed by atoms with Crippen LogP contribution >= 0.6 is 0 Å². The summed E-state index contributed by atoms with van der Waals surface area (Å²) in [5.41, 5.74) is 0. The molecule has 2 amide bonds. The third kappa shape index (κ3) is 1.18. The molecule has 2 aliphatic rings. The minimum Gasteiger partial charge on any atom is -0.338 e. The maximum Gasteiger partial charge on any atom is 0.317 e. The van der Waals surface area contributed by atoms with Crippen LogP contribution in [-0.4, -0.2) is 43.2 Å². The highest BCUT2D eigenvalue weighted by atomic mass is 16.2. The van der Waals surface area contributed by atoms with E-state index in [1.807, 2.05) is 4.90 Å². The predicted molar refractivity (Wildman–Crippen MR) is 41.4 cm³/mol. The van der Waals surface area contributed by atoms with Gasteiger partial charge in [0.2, 0.25) is 0 Å². The van der Waals surface area contributed by atoms with Gasteiger partial charge in [0.05, 0.1) is 0 Å². The lowest BCUT2D eigenvalue weighted by Gasteiger charge is -2.39. The average Bonchev–Trinajstić information content (AvgIpc) is 2.06. The molecule has 0 aromatic rings. The van der Waals surface area contributed by atoms with Crippen LogP contribution in [0.3, 0.4) is 0 Å². The topological polar surface area (TPSA) is 44.4 Å². The Morgan fingerprint density at radius 1 is 1.45 bits per heavy atom. The summed E-state index contributed by atoms with van der Waals surface area (Å²) in [4.78, 5) is 13.1. The molecule has 2 rings (SSSR count). The highest BCUT2D eigenvalue weighted by Gasteiger charge is 2.29. The number of hydrogen-bond donors (Lipinski definition) is 2. The Labute approximate surface area is 65.9 Å². The van der Waals surface area contributed by atoms with Crippen LogP contribution in [0.1, 0.15) is 6.42 Å². The zero-order valence-corrected chi connectivity index (χ0v) is 6.47. The van der Waals surface area contributed by atoms with E-state index in [9.17, 15) is 4.79 Å². The Hall–Kier alpha value is -0.770. The predicted octanol–water partition coefficient (Wildman–Crippen LogP) is -0.626. The van der Waals surface area contributed by atoms with Crippen LogP contribution in [-0.2, 0) is 0 Å². The normalized spacial score (nSPS) is 31.1. The molecule has 2 heterocycles. The van der Waals surface area contributed by atoms with Gasteiger partial charge < -0.3 is 15.5 Å². The third-order valence-electron chi connectivity index (χ3n) is 2.36. The molecule has 1 atom stereocenters. The first-order chi connectivity index (χ1) is 5.38. The minimum absolute atomic E-state index is 0.114. The second-order valence-electron chi connectivity index (χ2n) is 3.07. The van der Waals surface area contributed by atoms with Crippen molar-refractivity contribution in [1.29, 1.82) is 0 Å². The van der Waals surface area contributed by atoms with E-state index in [2.05, 4.69) is 10.6 Å². The van der Waals surface area contributed by atoms with Crippen molar-refractivity contribution in [1.82, 2.24) is 15.5 Å². The Morgan fingerprint density at radius 2 is 2.36 bits per heavy atom. The molecule has 0 bridgehead atoms. The summed E-state index contributed by atoms with van der Waals surface area (Å²) in [5.74, 6) is 0. The molecule has 11 heavy (non-hydrogen) atoms. The number of nitrogens with zero attached hydrogens (tertiary/aromatic N) is 1. The van der Waals surface area contributed by atoms with Gasteiger partial charge in [0.15, 0.2) is 0 Å². The van der Waals surface area contributed by atoms with Crippen LogP contribution < -0.4 is 10.6 Å². The van der Waals surface area contributed by atoms with E-state index in [0.717, 1.165) is 32.6 Å². The maximum absolute atomic E-state index is 11.2. The Morgan fingerprint density at radius 3 is 3.18 bits per heavy atom. The first-order valence-corrected chi connectivity index (χ1v) is 4.13. The monoisotopic (exact) mass is 155 g/mol. The van der Waals surface area contributed by atoms with Gasteiger partial charge in [0, 0.05) is 32.2 Å². The molecule has 0 radical (unpaired) electrons. The molecule has 0 saturated carbocycles. The molecule has 4 nitrogen and oxygen atoms in total. The van der Waals surface area contributed by atoms with E-state index in [1.54, 1.807) is 0 Å². The molecule has 2 saturated heterocycles. The van der Waals surface area contributed by atoms with Gasteiger partial charge in [-0.25, -0.2) is 4.79 Å². The van der Waals surface area contributed by atoms with Crippen molar-refractivity contribution in [2.45, 2.75) is 12.5 Å². The lowest BCUT2D eigenvalue weighted by atomic mass is 10.1. The van der Waals surface area contributed by atoms with Crippen molar-refractivity contribution in [2.75, 3.05) is 26.2 Å². The quantitative estimate of drug-likeness (QED) is 0.489. The Bertz CT molecular complexity index is 169. The van der Waals surface area contributed by atoms with Gasteiger partial charge in [-0.1, -0.05) is 0 Å². The minimum atomic E-state index is 0.114. The molecule has 2 N–H and O–H groups in total. The third-order valence-corrected chi connectivity index (χ3v) is 2.36. The number of carbonyl (C=O) groups excluding carboxylic acids is 1. The van der Waals surface area contributed by atoms with Gasteiger partial charge in [-0.2, -0.15) is 0 Å². The molecule has 2 aliphatic heterocycles. The number of fused-ring (bicyclic) bond motifs is 1. The number of amides is 2. The molecule has 0 aromatic heterocycles. The van der Waals surface area contributed by atoms with E-state index in [1.165, 1.54) is 0 Å². The summed E-state index contributed by atoms with van der Waals surface area (Å²) >= 11 is 0. The van der Waals surface area contributed by atoms with E-state index in [-0.39, 0.29) is 6.03 Å². The second-order valence-corrected chi connectivity index (χ2v) is 3.07. The van der Waals surface area contributed by atoms with Gasteiger partial charge in [-0.15, -0.1) is 0 Å². The summed E-state index contributed by atoms with van der Waals surface area (Å²) in [6.45, 7) is 3.59. The molecule has 2 fully saturated rings. The van der Waals surface area contributed by atoms with Crippen molar-refractivity contribution < 1.29 is 4.79 Å². The molecule has 0 unspecified atom stereocenters. The zero-order valence-electron chi connectivity index (χ0n) is 6.47. The summed E-state index contributed by atoms with van der Waals surface area (Å²) in [6, 6.07) is 0.556. The molecular formula is C7H13N3O. The number of nitrogens with one attached hydrogen (secondary N) is 2. The van der Waals surface area contributed by atoms with Gasteiger partial charge in [-0.3, -0.25) is 0 Å². The number of rotatable bonds is 0. The average molecular weight is 155 g/mol. The summed E-state index contributed by atoms with van der Waals surface area (Å²) in [7, 11) is 0. The van der Waals surface area contributed by atoms with Crippen molar-refractivity contribution >= 4 is 6.03 Å². The van der Waals surface area contributed by atoms with Gasteiger partial charge in [0.1, 0.15) is 0 Å². The van der Waals surface area contributed by atoms with Gasteiger partial charge >= 0.3 is 6.03 Å². The van der Waals surface area contributed by atoms with Gasteiger partial charge in [0.25, 0.3) is 0 Å². The van der Waals surface area contributed by atoms with E-state index in [4.69, 9.17) is 0 Å². The standard InChI is InChI=1S/C7H13N3O/c11-7-9-2-1-6-5-8-3-4-10(6)7/h6,8H,1-5H2,(H,9,11)/t6-/m1/s1. The Balaban J connectivity index is 2.05. The van der Waals surface area contributed by atoms with Crippen molar-refractivity contribution in [3.05, 3.63) is 0 Å². The van der Waals surface area contributed by atoms with Crippen LogP contribution in [0.2, 0.25) is 0 Å². The molecular weight excluding hydrogens is 142 g/mol. The Kier molecular flexibility index (Phi) is 1.69. The largest absolute Gasteiger partial charge is 0.338 e. The van der Waals surface area contributed by atoms with Gasteiger partial charge in [-0.05, 0) is 6.42 Å². The molecule has 0 aliphatic carbocycles.